The van der Waals surface area contributed by atoms with Gasteiger partial charge in [-0.05, 0) is 50.1 Å². The fraction of sp³-hybridized carbons (Fsp3) is 0.217. The molecule has 10 nitrogen and oxygen atoms in total. The summed E-state index contributed by atoms with van der Waals surface area (Å²) in [5, 5.41) is 16.4. The Bertz CT molecular complexity index is 1350. The highest BCUT2D eigenvalue weighted by Crippen LogP contribution is 2.27. The summed E-state index contributed by atoms with van der Waals surface area (Å²) in [6, 6.07) is 10.9. The van der Waals surface area contributed by atoms with Crippen LogP contribution >= 0.6 is 0 Å². The van der Waals surface area contributed by atoms with Gasteiger partial charge in [-0.25, -0.2) is 14.6 Å². The first-order valence-electron chi connectivity index (χ1n) is 10.2. The summed E-state index contributed by atoms with van der Waals surface area (Å²) < 4.78 is 11.3. The van der Waals surface area contributed by atoms with Gasteiger partial charge in [-0.15, -0.1) is 10.2 Å². The molecule has 0 radical (unpaired) electrons. The average molecular weight is 446 g/mol. The monoisotopic (exact) mass is 446 g/mol. The van der Waals surface area contributed by atoms with Crippen LogP contribution in [0.1, 0.15) is 38.9 Å². The molecule has 4 rings (SSSR count). The van der Waals surface area contributed by atoms with Crippen molar-refractivity contribution in [2.75, 3.05) is 19.0 Å². The average Bonchev–Trinajstić information content (AvgIpc) is 3.23. The first kappa shape index (κ1) is 21.9. The topological polar surface area (TPSA) is 121 Å². The molecule has 0 saturated carbocycles. The molecule has 0 amide bonds. The molecule has 0 saturated heterocycles. The number of pyridine rings is 1. The number of ether oxygens (including phenoxy) is 2. The fourth-order valence-electron chi connectivity index (χ4n) is 3.39. The van der Waals surface area contributed by atoms with E-state index in [2.05, 4.69) is 25.3 Å². The highest BCUT2D eigenvalue weighted by atomic mass is 16.5. The Labute approximate surface area is 189 Å². The number of hydrogen-bond donors (Lipinski definition) is 1. The highest BCUT2D eigenvalue weighted by molar-refractivity contribution is 5.96. The third-order valence-electron chi connectivity index (χ3n) is 5.02. The van der Waals surface area contributed by atoms with Crippen LogP contribution in [0.5, 0.6) is 0 Å². The van der Waals surface area contributed by atoms with Crippen LogP contribution in [0.25, 0.3) is 16.7 Å². The van der Waals surface area contributed by atoms with E-state index in [9.17, 15) is 9.59 Å². The van der Waals surface area contributed by atoms with Gasteiger partial charge in [0.2, 0.25) is 0 Å². The second-order valence-corrected chi connectivity index (χ2v) is 7.23. The van der Waals surface area contributed by atoms with Gasteiger partial charge >= 0.3 is 11.9 Å². The molecular formula is C23H22N6O4. The van der Waals surface area contributed by atoms with Crippen LogP contribution < -0.4 is 5.32 Å². The minimum atomic E-state index is -0.600. The highest BCUT2D eigenvalue weighted by Gasteiger charge is 2.22. The lowest BCUT2D eigenvalue weighted by Gasteiger charge is -2.13. The number of aryl methyl sites for hydroxylation is 2. The number of nitrogens with zero attached hydrogens (tertiary/aromatic N) is 5. The first-order valence-corrected chi connectivity index (χ1v) is 10.2. The van der Waals surface area contributed by atoms with Gasteiger partial charge in [0.05, 0.1) is 25.4 Å². The zero-order valence-corrected chi connectivity index (χ0v) is 18.6. The molecule has 1 N–H and O–H groups in total. The summed E-state index contributed by atoms with van der Waals surface area (Å²) in [5.41, 5.74) is 3.15. The molecule has 3 heterocycles. The van der Waals surface area contributed by atoms with Crippen molar-refractivity contribution < 1.29 is 19.1 Å². The number of carbonyl (C=O) groups is 2. The Morgan fingerprint density at radius 1 is 1.06 bits per heavy atom. The van der Waals surface area contributed by atoms with Crippen LogP contribution in [0.3, 0.4) is 0 Å². The Morgan fingerprint density at radius 3 is 2.58 bits per heavy atom. The van der Waals surface area contributed by atoms with Crippen molar-refractivity contribution in [1.82, 2.24) is 25.0 Å². The molecule has 3 aromatic heterocycles. The van der Waals surface area contributed by atoms with Crippen molar-refractivity contribution in [1.29, 1.82) is 0 Å². The van der Waals surface area contributed by atoms with Crippen LogP contribution in [0.15, 0.2) is 42.6 Å². The van der Waals surface area contributed by atoms with E-state index in [0.717, 1.165) is 22.0 Å². The summed E-state index contributed by atoms with van der Waals surface area (Å²) in [5.74, 6) is -0.0138. The van der Waals surface area contributed by atoms with Gasteiger partial charge in [-0.1, -0.05) is 18.2 Å². The molecule has 4 aromatic rings. The predicted octanol–water partition coefficient (Wildman–Crippen LogP) is 3.53. The molecule has 10 heteroatoms. The SMILES string of the molecule is CCOC(=O)c1cnn(-c2cc(C)c3cccc(C)c3n2)c1Nc1ccc(C(=O)OC)nn1. The number of fused-ring (bicyclic) bond motifs is 1. The molecule has 0 aliphatic rings. The van der Waals surface area contributed by atoms with Crippen LogP contribution in [-0.2, 0) is 9.47 Å². The lowest BCUT2D eigenvalue weighted by molar-refractivity contribution is 0.0526. The van der Waals surface area contributed by atoms with E-state index in [0.29, 0.717) is 17.5 Å². The molecule has 0 unspecified atom stereocenters. The third-order valence-corrected chi connectivity index (χ3v) is 5.02. The van der Waals surface area contributed by atoms with Crippen molar-refractivity contribution >= 4 is 34.5 Å². The molecule has 168 valence electrons. The quantitative estimate of drug-likeness (QED) is 0.443. The standard InChI is InChI=1S/C23H22N6O4/c1-5-33-22(30)16-12-24-29(19-11-14(3)15-8-6-7-13(2)20(15)26-19)21(16)25-18-10-9-17(27-28-18)23(31)32-4/h6-12H,5H2,1-4H3,(H,25,28). The van der Waals surface area contributed by atoms with E-state index in [4.69, 9.17) is 9.72 Å². The van der Waals surface area contributed by atoms with Gasteiger partial charge in [-0.3, -0.25) is 0 Å². The Kier molecular flexibility index (Phi) is 5.99. The molecule has 0 aliphatic carbocycles. The van der Waals surface area contributed by atoms with E-state index < -0.39 is 11.9 Å². The number of aromatic nitrogens is 5. The molecule has 0 bridgehead atoms. The van der Waals surface area contributed by atoms with Crippen LogP contribution in [0.2, 0.25) is 0 Å². The van der Waals surface area contributed by atoms with Gasteiger partial charge in [0.1, 0.15) is 5.56 Å². The minimum absolute atomic E-state index is 0.0597. The lowest BCUT2D eigenvalue weighted by Crippen LogP contribution is -2.12. The normalized spacial score (nSPS) is 10.8. The number of carbonyl (C=O) groups excluding carboxylic acids is 2. The molecule has 0 atom stereocenters. The maximum Gasteiger partial charge on any atom is 0.358 e. The van der Waals surface area contributed by atoms with Crippen molar-refractivity contribution in [2.24, 2.45) is 0 Å². The summed E-state index contributed by atoms with van der Waals surface area (Å²) in [7, 11) is 1.26. The third kappa shape index (κ3) is 4.22. The summed E-state index contributed by atoms with van der Waals surface area (Å²) in [6.45, 7) is 5.92. The molecule has 33 heavy (non-hydrogen) atoms. The number of hydrogen-bond acceptors (Lipinski definition) is 9. The number of esters is 2. The zero-order chi connectivity index (χ0) is 23.5. The number of nitrogens with one attached hydrogen (secondary N) is 1. The van der Waals surface area contributed by atoms with Gasteiger partial charge in [0, 0.05) is 5.39 Å². The second kappa shape index (κ2) is 9.03. The number of rotatable bonds is 6. The number of anilines is 2. The van der Waals surface area contributed by atoms with Crippen molar-refractivity contribution in [3.63, 3.8) is 0 Å². The minimum Gasteiger partial charge on any atom is -0.464 e. The van der Waals surface area contributed by atoms with Crippen molar-refractivity contribution in [2.45, 2.75) is 20.8 Å². The summed E-state index contributed by atoms with van der Waals surface area (Å²) in [4.78, 5) is 29.0. The molecule has 0 spiro atoms. The van der Waals surface area contributed by atoms with Crippen molar-refractivity contribution in [3.8, 4) is 5.82 Å². The maximum absolute atomic E-state index is 12.6. The van der Waals surface area contributed by atoms with Crippen LogP contribution in [-0.4, -0.2) is 50.6 Å². The first-order chi connectivity index (χ1) is 15.9. The molecule has 0 aliphatic heterocycles. The molecule has 0 fully saturated rings. The molecule has 1 aromatic carbocycles. The summed E-state index contributed by atoms with van der Waals surface area (Å²) >= 11 is 0. The van der Waals surface area contributed by atoms with Gasteiger partial charge in [0.15, 0.2) is 23.1 Å². The fourth-order valence-corrected chi connectivity index (χ4v) is 3.39. The van der Waals surface area contributed by atoms with Gasteiger partial charge < -0.3 is 14.8 Å². The van der Waals surface area contributed by atoms with Crippen molar-refractivity contribution in [3.05, 3.63) is 65.0 Å². The van der Waals surface area contributed by atoms with Gasteiger partial charge in [0.25, 0.3) is 0 Å². The number of benzene rings is 1. The number of para-hydroxylation sites is 1. The second-order valence-electron chi connectivity index (χ2n) is 7.23. The largest absolute Gasteiger partial charge is 0.464 e. The van der Waals surface area contributed by atoms with Crippen LogP contribution in [0.4, 0.5) is 11.6 Å². The Morgan fingerprint density at radius 2 is 1.88 bits per heavy atom. The molecular weight excluding hydrogens is 424 g/mol. The predicted molar refractivity (Wildman–Crippen MR) is 121 cm³/mol. The lowest BCUT2D eigenvalue weighted by atomic mass is 10.1. The maximum atomic E-state index is 12.6. The van der Waals surface area contributed by atoms with E-state index in [1.54, 1.807) is 13.0 Å². The van der Waals surface area contributed by atoms with E-state index in [1.807, 2.05) is 38.1 Å². The van der Waals surface area contributed by atoms with E-state index in [1.165, 1.54) is 24.1 Å². The van der Waals surface area contributed by atoms with Crippen LogP contribution in [0, 0.1) is 13.8 Å². The Balaban J connectivity index is 1.81. The number of methoxy groups -OCH3 is 1. The van der Waals surface area contributed by atoms with Gasteiger partial charge in [-0.2, -0.15) is 9.78 Å². The smallest absolute Gasteiger partial charge is 0.358 e. The Hall–Kier alpha value is -4.34. The van der Waals surface area contributed by atoms with E-state index in [-0.39, 0.29) is 17.9 Å². The summed E-state index contributed by atoms with van der Waals surface area (Å²) in [6.07, 6.45) is 1.41. The zero-order valence-electron chi connectivity index (χ0n) is 18.6. The van der Waals surface area contributed by atoms with E-state index >= 15 is 0 Å².